The van der Waals surface area contributed by atoms with Gasteiger partial charge in [-0.1, -0.05) is 71.2 Å². The number of nitrogens with one attached hydrogen (secondary N) is 1. The lowest BCUT2D eigenvalue weighted by molar-refractivity contribution is -0.139. The van der Waals surface area contributed by atoms with Crippen LogP contribution in [0.1, 0.15) is 84.9 Å². The lowest BCUT2D eigenvalue weighted by Gasteiger charge is -2.19. The summed E-state index contributed by atoms with van der Waals surface area (Å²) in [6.45, 7) is 12.4. The first kappa shape index (κ1) is 30.5. The number of carbonyl (C=O) groups excluding carboxylic acids is 1. The Hall–Kier alpha value is -3.97. The number of rotatable bonds is 10. The highest BCUT2D eigenvalue weighted by Crippen LogP contribution is 2.33. The molecule has 0 saturated heterocycles. The van der Waals surface area contributed by atoms with Crippen molar-refractivity contribution >= 4 is 39.6 Å². The van der Waals surface area contributed by atoms with Crippen LogP contribution >= 0.6 is 11.3 Å². The molecule has 2 heterocycles. The number of fused-ring (bicyclic) bond motifs is 1. The lowest BCUT2D eigenvalue weighted by Crippen LogP contribution is -2.42. The average molecular weight is 597 g/mol. The van der Waals surface area contributed by atoms with Crippen molar-refractivity contribution in [2.24, 2.45) is 5.92 Å². The highest BCUT2D eigenvalue weighted by atomic mass is 32.1. The normalized spacial score (nSPS) is 14.5. The third-order valence-corrected chi connectivity index (χ3v) is 9.39. The first-order valence-corrected chi connectivity index (χ1v) is 15.8. The molecular weight excluding hydrogens is 556 g/mol. The summed E-state index contributed by atoms with van der Waals surface area (Å²) in [4.78, 5) is 32.3. The van der Waals surface area contributed by atoms with E-state index in [0.29, 0.717) is 11.7 Å². The molecule has 0 radical (unpaired) electrons. The number of nitrogens with zero attached hydrogens (tertiary/aromatic N) is 1. The number of hydrogen-bond acceptors (Lipinski definition) is 5. The Balaban J connectivity index is 1.41. The number of thiophene rings is 1. The fourth-order valence-corrected chi connectivity index (χ4v) is 6.61. The molecule has 1 saturated carbocycles. The first-order valence-electron chi connectivity index (χ1n) is 15.0. The van der Waals surface area contributed by atoms with E-state index in [4.69, 9.17) is 9.72 Å². The molecule has 1 aliphatic rings. The van der Waals surface area contributed by atoms with Crippen LogP contribution in [0.25, 0.3) is 16.3 Å². The number of aliphatic carboxylic acids is 1. The third-order valence-electron chi connectivity index (χ3n) is 8.12. The molecule has 2 aromatic heterocycles. The fraction of sp³-hybridized carbons (Fsp3) is 0.361. The highest BCUT2D eigenvalue weighted by Gasteiger charge is 2.25. The van der Waals surface area contributed by atoms with Gasteiger partial charge in [-0.05, 0) is 83.7 Å². The van der Waals surface area contributed by atoms with Gasteiger partial charge >= 0.3 is 5.97 Å². The fourth-order valence-electron chi connectivity index (χ4n) is 5.63. The molecule has 0 unspecified atom stereocenters. The second-order valence-electron chi connectivity index (χ2n) is 12.7. The summed E-state index contributed by atoms with van der Waals surface area (Å²) in [7, 11) is 0. The number of ether oxygens (including phenoxy) is 1. The van der Waals surface area contributed by atoms with E-state index < -0.39 is 17.9 Å². The summed E-state index contributed by atoms with van der Waals surface area (Å²) < 4.78 is 6.23. The molecule has 2 aromatic carbocycles. The SMILES string of the molecule is C=C(C)c1ccc(C[C@H](NC(=O)c2cc3ccc(Oc4ccc(C(C)(C)C)cc4)cc3c(CC3CCCC3)n2)C(=O)O)s1. The van der Waals surface area contributed by atoms with Crippen LogP contribution in [-0.4, -0.2) is 28.0 Å². The van der Waals surface area contributed by atoms with E-state index in [-0.39, 0.29) is 17.5 Å². The van der Waals surface area contributed by atoms with E-state index in [2.05, 4.69) is 44.8 Å². The zero-order chi connectivity index (χ0) is 30.7. The zero-order valence-electron chi connectivity index (χ0n) is 25.4. The molecule has 0 aliphatic heterocycles. The predicted octanol–water partition coefficient (Wildman–Crippen LogP) is 8.58. The molecule has 1 fully saturated rings. The van der Waals surface area contributed by atoms with E-state index in [0.717, 1.165) is 56.8 Å². The van der Waals surface area contributed by atoms with Crippen LogP contribution in [0.15, 0.2) is 67.2 Å². The van der Waals surface area contributed by atoms with Crippen molar-refractivity contribution in [1.29, 1.82) is 0 Å². The maximum Gasteiger partial charge on any atom is 0.326 e. The maximum absolute atomic E-state index is 13.4. The molecule has 6 nitrogen and oxygen atoms in total. The van der Waals surface area contributed by atoms with Crippen LogP contribution in [0.3, 0.4) is 0 Å². The average Bonchev–Trinajstić information content (AvgIpc) is 3.65. The van der Waals surface area contributed by atoms with Crippen LogP contribution in [0.4, 0.5) is 0 Å². The number of hydrogen-bond donors (Lipinski definition) is 2. The Morgan fingerprint density at radius 3 is 2.37 bits per heavy atom. The Kier molecular flexibility index (Phi) is 9.02. The summed E-state index contributed by atoms with van der Waals surface area (Å²) in [5.41, 5.74) is 3.31. The summed E-state index contributed by atoms with van der Waals surface area (Å²) in [6, 6.07) is 18.5. The van der Waals surface area contributed by atoms with Crippen LogP contribution in [0.2, 0.25) is 0 Å². The molecule has 1 aliphatic carbocycles. The Bertz CT molecular complexity index is 1640. The van der Waals surface area contributed by atoms with Gasteiger partial charge in [0.05, 0.1) is 0 Å². The number of carboxylic acid groups (broad SMARTS) is 1. The van der Waals surface area contributed by atoms with Crippen molar-refractivity contribution in [2.45, 2.75) is 77.7 Å². The van der Waals surface area contributed by atoms with Crippen molar-refractivity contribution in [1.82, 2.24) is 10.3 Å². The molecule has 1 amide bonds. The first-order chi connectivity index (χ1) is 20.5. The Labute approximate surface area is 257 Å². The monoisotopic (exact) mass is 596 g/mol. The predicted molar refractivity (Wildman–Crippen MR) is 174 cm³/mol. The van der Waals surface area contributed by atoms with Crippen molar-refractivity contribution in [2.75, 3.05) is 0 Å². The smallest absolute Gasteiger partial charge is 0.326 e. The summed E-state index contributed by atoms with van der Waals surface area (Å²) in [5, 5.41) is 14.5. The van der Waals surface area contributed by atoms with Crippen LogP contribution in [0.5, 0.6) is 11.5 Å². The van der Waals surface area contributed by atoms with Crippen LogP contribution < -0.4 is 10.1 Å². The topological polar surface area (TPSA) is 88.5 Å². The van der Waals surface area contributed by atoms with Gasteiger partial charge in [0, 0.05) is 27.3 Å². The van der Waals surface area contributed by atoms with E-state index in [9.17, 15) is 14.7 Å². The number of carbonyl (C=O) groups is 2. The van der Waals surface area contributed by atoms with Gasteiger partial charge in [-0.25, -0.2) is 9.78 Å². The van der Waals surface area contributed by atoms with Gasteiger partial charge in [0.15, 0.2) is 0 Å². The zero-order valence-corrected chi connectivity index (χ0v) is 26.2. The molecule has 7 heteroatoms. The number of benzene rings is 2. The van der Waals surface area contributed by atoms with Crippen molar-refractivity contribution in [3.63, 3.8) is 0 Å². The summed E-state index contributed by atoms with van der Waals surface area (Å²) in [5.74, 6) is 0.408. The van der Waals surface area contributed by atoms with E-state index in [1.807, 2.05) is 49.4 Å². The van der Waals surface area contributed by atoms with E-state index in [1.165, 1.54) is 29.7 Å². The van der Waals surface area contributed by atoms with Gasteiger partial charge in [-0.3, -0.25) is 4.79 Å². The van der Waals surface area contributed by atoms with Crippen molar-refractivity contribution in [3.8, 4) is 11.5 Å². The van der Waals surface area contributed by atoms with Crippen molar-refractivity contribution in [3.05, 3.63) is 93.9 Å². The quantitative estimate of drug-likeness (QED) is 0.191. The van der Waals surface area contributed by atoms with E-state index in [1.54, 1.807) is 6.07 Å². The Morgan fingerprint density at radius 2 is 1.74 bits per heavy atom. The second kappa shape index (κ2) is 12.7. The van der Waals surface area contributed by atoms with Gasteiger partial charge in [-0.15, -0.1) is 11.3 Å². The molecule has 224 valence electrons. The van der Waals surface area contributed by atoms with Crippen molar-refractivity contribution < 1.29 is 19.4 Å². The molecule has 1 atom stereocenters. The third kappa shape index (κ3) is 7.52. The van der Waals surface area contributed by atoms with E-state index >= 15 is 0 Å². The molecule has 0 bridgehead atoms. The molecular formula is C36H40N2O4S. The number of amides is 1. The molecule has 4 aromatic rings. The Morgan fingerprint density at radius 1 is 1.05 bits per heavy atom. The lowest BCUT2D eigenvalue weighted by atomic mass is 9.87. The van der Waals surface area contributed by atoms with Gasteiger partial charge in [0.2, 0.25) is 0 Å². The van der Waals surface area contributed by atoms with Crippen LogP contribution in [-0.2, 0) is 23.1 Å². The van der Waals surface area contributed by atoms with Crippen LogP contribution in [0, 0.1) is 5.92 Å². The maximum atomic E-state index is 13.4. The molecule has 0 spiro atoms. The van der Waals surface area contributed by atoms with Gasteiger partial charge in [0.25, 0.3) is 5.91 Å². The van der Waals surface area contributed by atoms with Gasteiger partial charge in [-0.2, -0.15) is 0 Å². The molecule has 2 N–H and O–H groups in total. The minimum Gasteiger partial charge on any atom is -0.480 e. The minimum absolute atomic E-state index is 0.0644. The summed E-state index contributed by atoms with van der Waals surface area (Å²) in [6.07, 6.45) is 5.66. The number of pyridine rings is 1. The standard InChI is InChI=1S/C36H40N2O4S/c1-22(2)33-17-16-28(43-33)21-32(35(40)41)38-34(39)31-19-24-10-13-27(42-26-14-11-25(12-15-26)36(3,4)5)20-29(24)30(37-31)18-23-8-6-7-9-23/h10-17,19-20,23,32H,1,6-9,18,21H2,2-5H3,(H,38,39)(H,40,41)/t32-/m0/s1. The second-order valence-corrected chi connectivity index (χ2v) is 13.9. The number of aromatic nitrogens is 1. The van der Waals surface area contributed by atoms with Gasteiger partial charge in [0.1, 0.15) is 23.2 Å². The molecule has 5 rings (SSSR count). The highest BCUT2D eigenvalue weighted by molar-refractivity contribution is 7.13. The largest absolute Gasteiger partial charge is 0.480 e. The summed E-state index contributed by atoms with van der Waals surface area (Å²) >= 11 is 1.49. The molecule has 43 heavy (non-hydrogen) atoms. The number of carboxylic acids is 1. The minimum atomic E-state index is -1.08. The number of allylic oxidation sites excluding steroid dienone is 1. The van der Waals surface area contributed by atoms with Gasteiger partial charge < -0.3 is 15.2 Å².